The highest BCUT2D eigenvalue weighted by atomic mass is 32.1. The predicted octanol–water partition coefficient (Wildman–Crippen LogP) is 4.46. The Bertz CT molecular complexity index is 478. The monoisotopic (exact) mass is 235 g/mol. The number of hydrogen-bond donors (Lipinski definition) is 0. The van der Waals surface area contributed by atoms with E-state index in [4.69, 9.17) is 0 Å². The second-order valence-electron chi connectivity index (χ2n) is 3.90. The molecule has 1 unspecified atom stereocenters. The van der Waals surface area contributed by atoms with Gasteiger partial charge in [0.2, 0.25) is 0 Å². The Hall–Kier alpha value is -1.22. The summed E-state index contributed by atoms with van der Waals surface area (Å²) in [6.45, 7) is 4.30. The largest absolute Gasteiger partial charge is 0.241 e. The van der Waals surface area contributed by atoms with E-state index in [9.17, 15) is 4.39 Å². The molecule has 0 bridgehead atoms. The number of aromatic nitrogens is 1. The van der Waals surface area contributed by atoms with Crippen LogP contribution in [0.1, 0.15) is 31.9 Å². The van der Waals surface area contributed by atoms with Crippen LogP contribution in [-0.4, -0.2) is 4.98 Å². The number of benzene rings is 1. The highest BCUT2D eigenvalue weighted by Gasteiger charge is 2.09. The first-order valence-electron chi connectivity index (χ1n) is 5.42. The third-order valence-corrected chi connectivity index (χ3v) is 3.62. The Morgan fingerprint density at radius 3 is 2.94 bits per heavy atom. The minimum atomic E-state index is -0.210. The van der Waals surface area contributed by atoms with E-state index in [0.29, 0.717) is 5.92 Å². The molecular formula is C13H14FNS. The molecule has 0 N–H and O–H groups in total. The van der Waals surface area contributed by atoms with Gasteiger partial charge in [-0.2, -0.15) is 0 Å². The zero-order chi connectivity index (χ0) is 11.5. The molecule has 84 valence electrons. The van der Waals surface area contributed by atoms with Crippen LogP contribution in [0.5, 0.6) is 0 Å². The van der Waals surface area contributed by atoms with E-state index in [2.05, 4.69) is 24.2 Å². The van der Waals surface area contributed by atoms with Crippen molar-refractivity contribution >= 4 is 11.3 Å². The standard InChI is InChI=1S/C13H14FNS/c1-3-9(2)12-8-16-13(15-12)10-5-4-6-11(14)7-10/h4-9H,3H2,1-2H3. The van der Waals surface area contributed by atoms with Gasteiger partial charge in [-0.05, 0) is 24.5 Å². The first-order valence-corrected chi connectivity index (χ1v) is 6.30. The minimum Gasteiger partial charge on any atom is -0.241 e. The van der Waals surface area contributed by atoms with Gasteiger partial charge in [-0.3, -0.25) is 0 Å². The number of nitrogens with zero attached hydrogens (tertiary/aromatic N) is 1. The van der Waals surface area contributed by atoms with Gasteiger partial charge in [0.1, 0.15) is 10.8 Å². The number of halogens is 1. The summed E-state index contributed by atoms with van der Waals surface area (Å²) in [4.78, 5) is 4.54. The molecule has 1 atom stereocenters. The quantitative estimate of drug-likeness (QED) is 0.765. The van der Waals surface area contributed by atoms with Crippen LogP contribution in [-0.2, 0) is 0 Å². The van der Waals surface area contributed by atoms with E-state index in [1.54, 1.807) is 17.4 Å². The summed E-state index contributed by atoms with van der Waals surface area (Å²) in [5, 5.41) is 2.96. The van der Waals surface area contributed by atoms with Crippen LogP contribution in [0, 0.1) is 5.82 Å². The molecule has 1 aromatic carbocycles. The van der Waals surface area contributed by atoms with Crippen molar-refractivity contribution in [2.45, 2.75) is 26.2 Å². The van der Waals surface area contributed by atoms with Gasteiger partial charge in [-0.25, -0.2) is 9.37 Å². The molecule has 1 heterocycles. The van der Waals surface area contributed by atoms with Crippen LogP contribution in [0.15, 0.2) is 29.6 Å². The summed E-state index contributed by atoms with van der Waals surface area (Å²) in [6, 6.07) is 6.59. The maximum absolute atomic E-state index is 13.1. The maximum Gasteiger partial charge on any atom is 0.123 e. The molecule has 1 nitrogen and oxygen atoms in total. The van der Waals surface area contributed by atoms with E-state index >= 15 is 0 Å². The second-order valence-corrected chi connectivity index (χ2v) is 4.76. The third-order valence-electron chi connectivity index (χ3n) is 2.71. The van der Waals surface area contributed by atoms with Crippen molar-refractivity contribution in [3.05, 3.63) is 41.2 Å². The summed E-state index contributed by atoms with van der Waals surface area (Å²) < 4.78 is 13.1. The van der Waals surface area contributed by atoms with Gasteiger partial charge in [0.15, 0.2) is 0 Å². The highest BCUT2D eigenvalue weighted by molar-refractivity contribution is 7.13. The predicted molar refractivity (Wildman–Crippen MR) is 66.2 cm³/mol. The normalized spacial score (nSPS) is 12.7. The van der Waals surface area contributed by atoms with Crippen molar-refractivity contribution < 1.29 is 4.39 Å². The fourth-order valence-electron chi connectivity index (χ4n) is 1.48. The van der Waals surface area contributed by atoms with Crippen molar-refractivity contribution in [3.63, 3.8) is 0 Å². The molecule has 3 heteroatoms. The van der Waals surface area contributed by atoms with E-state index in [0.717, 1.165) is 22.7 Å². The van der Waals surface area contributed by atoms with Crippen molar-refractivity contribution in [2.24, 2.45) is 0 Å². The lowest BCUT2D eigenvalue weighted by molar-refractivity contribution is 0.628. The molecule has 0 spiro atoms. The minimum absolute atomic E-state index is 0.210. The van der Waals surface area contributed by atoms with Gasteiger partial charge >= 0.3 is 0 Å². The highest BCUT2D eigenvalue weighted by Crippen LogP contribution is 2.28. The zero-order valence-corrected chi connectivity index (χ0v) is 10.2. The third kappa shape index (κ3) is 2.30. The summed E-state index contributed by atoms with van der Waals surface area (Å²) in [6.07, 6.45) is 1.08. The van der Waals surface area contributed by atoms with Crippen LogP contribution >= 0.6 is 11.3 Å². The molecule has 16 heavy (non-hydrogen) atoms. The molecule has 0 saturated heterocycles. The lowest BCUT2D eigenvalue weighted by atomic mass is 10.1. The molecule has 0 radical (unpaired) electrons. The fourth-order valence-corrected chi connectivity index (χ4v) is 2.41. The molecule has 0 amide bonds. The SMILES string of the molecule is CCC(C)c1csc(-c2cccc(F)c2)n1. The Labute approximate surface area is 99.0 Å². The van der Waals surface area contributed by atoms with Crippen molar-refractivity contribution in [1.82, 2.24) is 4.98 Å². The van der Waals surface area contributed by atoms with E-state index < -0.39 is 0 Å². The van der Waals surface area contributed by atoms with Gasteiger partial charge in [0.25, 0.3) is 0 Å². The zero-order valence-electron chi connectivity index (χ0n) is 9.40. The van der Waals surface area contributed by atoms with Gasteiger partial charge in [-0.15, -0.1) is 11.3 Å². The second kappa shape index (κ2) is 4.74. The average molecular weight is 235 g/mol. The molecule has 0 saturated carbocycles. The number of hydrogen-bond acceptors (Lipinski definition) is 2. The van der Waals surface area contributed by atoms with Crippen LogP contribution in [0.4, 0.5) is 4.39 Å². The van der Waals surface area contributed by atoms with E-state index in [1.165, 1.54) is 12.1 Å². The molecule has 0 aliphatic heterocycles. The van der Waals surface area contributed by atoms with Crippen LogP contribution in [0.2, 0.25) is 0 Å². The van der Waals surface area contributed by atoms with Gasteiger partial charge in [0, 0.05) is 10.9 Å². The Morgan fingerprint density at radius 2 is 2.25 bits per heavy atom. The van der Waals surface area contributed by atoms with E-state index in [1.807, 2.05) is 6.07 Å². The molecule has 0 aliphatic rings. The summed E-state index contributed by atoms with van der Waals surface area (Å²) in [7, 11) is 0. The molecule has 2 rings (SSSR count). The smallest absolute Gasteiger partial charge is 0.123 e. The molecule has 0 aliphatic carbocycles. The molecule has 2 aromatic rings. The lowest BCUT2D eigenvalue weighted by Gasteiger charge is -2.02. The molecule has 1 aromatic heterocycles. The average Bonchev–Trinajstić information content (AvgIpc) is 2.77. The van der Waals surface area contributed by atoms with Gasteiger partial charge in [0.05, 0.1) is 5.69 Å². The van der Waals surface area contributed by atoms with Crippen molar-refractivity contribution in [3.8, 4) is 10.6 Å². The summed E-state index contributed by atoms with van der Waals surface area (Å²) in [5.41, 5.74) is 1.96. The lowest BCUT2D eigenvalue weighted by Crippen LogP contribution is -1.91. The van der Waals surface area contributed by atoms with E-state index in [-0.39, 0.29) is 5.82 Å². The number of rotatable bonds is 3. The van der Waals surface area contributed by atoms with Crippen molar-refractivity contribution in [2.75, 3.05) is 0 Å². The Morgan fingerprint density at radius 1 is 1.44 bits per heavy atom. The Balaban J connectivity index is 2.31. The molecular weight excluding hydrogens is 221 g/mol. The molecule has 0 fully saturated rings. The topological polar surface area (TPSA) is 12.9 Å². The summed E-state index contributed by atoms with van der Waals surface area (Å²) >= 11 is 1.58. The summed E-state index contributed by atoms with van der Waals surface area (Å²) in [5.74, 6) is 0.261. The first-order chi connectivity index (χ1) is 7.70. The maximum atomic E-state index is 13.1. The first kappa shape index (κ1) is 11.3. The fraction of sp³-hybridized carbons (Fsp3) is 0.308. The van der Waals surface area contributed by atoms with Crippen LogP contribution in [0.3, 0.4) is 0 Å². The van der Waals surface area contributed by atoms with Crippen LogP contribution < -0.4 is 0 Å². The number of thiazole rings is 1. The Kier molecular flexibility index (Phi) is 3.34. The van der Waals surface area contributed by atoms with Gasteiger partial charge < -0.3 is 0 Å². The van der Waals surface area contributed by atoms with Crippen LogP contribution in [0.25, 0.3) is 10.6 Å². The van der Waals surface area contributed by atoms with Crippen molar-refractivity contribution in [1.29, 1.82) is 0 Å². The van der Waals surface area contributed by atoms with Gasteiger partial charge in [-0.1, -0.05) is 26.0 Å².